The fourth-order valence-electron chi connectivity index (χ4n) is 3.49. The van der Waals surface area contributed by atoms with Crippen molar-refractivity contribution in [3.63, 3.8) is 0 Å². The molecule has 2 aromatic carbocycles. The second kappa shape index (κ2) is 9.36. The number of hydrogen-bond donors (Lipinski definition) is 0. The number of ether oxygens (including phenoxy) is 2. The predicted octanol–water partition coefficient (Wildman–Crippen LogP) is 3.88. The lowest BCUT2D eigenvalue weighted by molar-refractivity contribution is -0.153. The first-order chi connectivity index (χ1) is 14.4. The number of hydrogen-bond acceptors (Lipinski definition) is 6. The third-order valence-electron chi connectivity index (χ3n) is 4.88. The Morgan fingerprint density at radius 2 is 1.87 bits per heavy atom. The maximum absolute atomic E-state index is 13.8. The lowest BCUT2D eigenvalue weighted by Crippen LogP contribution is -2.52. The van der Waals surface area contributed by atoms with Gasteiger partial charge in [0.25, 0.3) is 5.91 Å². The van der Waals surface area contributed by atoms with Crippen molar-refractivity contribution in [1.29, 1.82) is 0 Å². The normalized spacial score (nSPS) is 19.6. The standard InChI is InChI=1S/C23H26N2O4S/c1-6-20(24(3)4)25-18-9-7-8-10-19(18)30-22(21(23(25)27)29-15(2)26)16-11-13-17(28-5)14-12-16/h6-14,20-22H,1H2,2-5H3. The number of carbonyl (C=O) groups is 2. The Morgan fingerprint density at radius 1 is 1.20 bits per heavy atom. The Bertz CT molecular complexity index is 929. The Balaban J connectivity index is 2.16. The van der Waals surface area contributed by atoms with Crippen LogP contribution in [0.5, 0.6) is 5.75 Å². The highest BCUT2D eigenvalue weighted by atomic mass is 32.2. The highest BCUT2D eigenvalue weighted by Crippen LogP contribution is 2.47. The van der Waals surface area contributed by atoms with Gasteiger partial charge in [-0.3, -0.25) is 19.4 Å². The number of esters is 1. The van der Waals surface area contributed by atoms with Gasteiger partial charge in [-0.05, 0) is 43.9 Å². The van der Waals surface area contributed by atoms with Crippen molar-refractivity contribution < 1.29 is 19.1 Å². The molecular formula is C23H26N2O4S. The molecule has 0 bridgehead atoms. The summed E-state index contributed by atoms with van der Waals surface area (Å²) in [6.45, 7) is 5.24. The third kappa shape index (κ3) is 4.37. The fourth-order valence-corrected chi connectivity index (χ4v) is 4.79. The maximum atomic E-state index is 13.8. The van der Waals surface area contributed by atoms with Crippen molar-refractivity contribution in [2.24, 2.45) is 0 Å². The van der Waals surface area contributed by atoms with E-state index in [4.69, 9.17) is 9.47 Å². The summed E-state index contributed by atoms with van der Waals surface area (Å²) in [5.74, 6) is -0.0745. The van der Waals surface area contributed by atoms with Gasteiger partial charge in [-0.25, -0.2) is 0 Å². The summed E-state index contributed by atoms with van der Waals surface area (Å²) in [6.07, 6.45) is 0.320. The number of thioether (sulfide) groups is 1. The monoisotopic (exact) mass is 426 g/mol. The summed E-state index contributed by atoms with van der Waals surface area (Å²) in [4.78, 5) is 30.2. The quantitative estimate of drug-likeness (QED) is 0.516. The molecule has 7 heteroatoms. The number of rotatable bonds is 6. The number of para-hydroxylation sites is 1. The van der Waals surface area contributed by atoms with Crippen molar-refractivity contribution in [2.75, 3.05) is 26.1 Å². The Kier molecular flexibility index (Phi) is 6.84. The number of methoxy groups -OCH3 is 1. The molecule has 3 unspecified atom stereocenters. The molecule has 158 valence electrons. The highest BCUT2D eigenvalue weighted by molar-refractivity contribution is 7.99. The van der Waals surface area contributed by atoms with Crippen molar-refractivity contribution in [3.8, 4) is 5.75 Å². The van der Waals surface area contributed by atoms with Gasteiger partial charge in [0, 0.05) is 11.8 Å². The van der Waals surface area contributed by atoms with Crippen LogP contribution in [-0.4, -0.2) is 50.3 Å². The molecule has 6 nitrogen and oxygen atoms in total. The minimum Gasteiger partial charge on any atom is -0.497 e. The SMILES string of the molecule is C=CC(N(C)C)N1C(=O)C(OC(C)=O)C(c2ccc(OC)cc2)Sc2ccccc21. The molecule has 0 spiro atoms. The van der Waals surface area contributed by atoms with Gasteiger partial charge in [0.05, 0.1) is 18.0 Å². The van der Waals surface area contributed by atoms with E-state index in [0.29, 0.717) is 5.75 Å². The first kappa shape index (κ1) is 21.9. The largest absolute Gasteiger partial charge is 0.497 e. The number of benzene rings is 2. The summed E-state index contributed by atoms with van der Waals surface area (Å²) in [6, 6.07) is 15.2. The van der Waals surface area contributed by atoms with Crippen LogP contribution in [0.25, 0.3) is 0 Å². The minimum atomic E-state index is -0.990. The lowest BCUT2D eigenvalue weighted by Gasteiger charge is -2.35. The molecule has 30 heavy (non-hydrogen) atoms. The van der Waals surface area contributed by atoms with Crippen LogP contribution >= 0.6 is 11.8 Å². The number of likely N-dealkylation sites (N-methyl/N-ethyl adjacent to an activating group) is 1. The molecule has 0 saturated heterocycles. The van der Waals surface area contributed by atoms with Gasteiger partial charge < -0.3 is 9.47 Å². The van der Waals surface area contributed by atoms with Crippen molar-refractivity contribution in [3.05, 3.63) is 66.7 Å². The van der Waals surface area contributed by atoms with Gasteiger partial charge in [-0.2, -0.15) is 0 Å². The molecule has 3 atom stereocenters. The van der Waals surface area contributed by atoms with E-state index in [2.05, 4.69) is 6.58 Å². The van der Waals surface area contributed by atoms with Crippen LogP contribution in [0.15, 0.2) is 66.1 Å². The fraction of sp³-hybridized carbons (Fsp3) is 0.304. The van der Waals surface area contributed by atoms with E-state index < -0.39 is 23.5 Å². The van der Waals surface area contributed by atoms with E-state index in [-0.39, 0.29) is 5.91 Å². The molecular weight excluding hydrogens is 400 g/mol. The number of carbonyl (C=O) groups excluding carboxylic acids is 2. The van der Waals surface area contributed by atoms with E-state index in [9.17, 15) is 9.59 Å². The summed E-state index contributed by atoms with van der Waals surface area (Å²) in [7, 11) is 5.36. The van der Waals surface area contributed by atoms with E-state index in [1.54, 1.807) is 18.1 Å². The smallest absolute Gasteiger partial charge is 0.303 e. The van der Waals surface area contributed by atoms with E-state index in [1.165, 1.54) is 18.7 Å². The maximum Gasteiger partial charge on any atom is 0.303 e. The second-order valence-electron chi connectivity index (χ2n) is 7.13. The third-order valence-corrected chi connectivity index (χ3v) is 6.25. The van der Waals surface area contributed by atoms with Crippen LogP contribution in [0.2, 0.25) is 0 Å². The highest BCUT2D eigenvalue weighted by Gasteiger charge is 2.43. The molecule has 1 amide bonds. The van der Waals surface area contributed by atoms with Crippen LogP contribution in [0.4, 0.5) is 5.69 Å². The van der Waals surface area contributed by atoms with Gasteiger partial charge in [-0.15, -0.1) is 11.8 Å². The van der Waals surface area contributed by atoms with Crippen LogP contribution < -0.4 is 9.64 Å². The van der Waals surface area contributed by atoms with Crippen LogP contribution in [0.1, 0.15) is 17.7 Å². The Labute approximate surface area is 181 Å². The zero-order valence-electron chi connectivity index (χ0n) is 17.6. The summed E-state index contributed by atoms with van der Waals surface area (Å²) in [5.41, 5.74) is 1.64. The number of anilines is 1. The minimum absolute atomic E-state index is 0.290. The van der Waals surface area contributed by atoms with E-state index in [1.807, 2.05) is 67.5 Å². The van der Waals surface area contributed by atoms with Crippen molar-refractivity contribution in [2.45, 2.75) is 29.3 Å². The molecule has 0 N–H and O–H groups in total. The average Bonchev–Trinajstić information content (AvgIpc) is 2.84. The Hall–Kier alpha value is -2.77. The van der Waals surface area contributed by atoms with Gasteiger partial charge in [-0.1, -0.05) is 36.9 Å². The topological polar surface area (TPSA) is 59.1 Å². The van der Waals surface area contributed by atoms with E-state index in [0.717, 1.165) is 16.1 Å². The molecule has 0 fully saturated rings. The second-order valence-corrected chi connectivity index (χ2v) is 8.31. The summed E-state index contributed by atoms with van der Waals surface area (Å²) in [5, 5.41) is -0.411. The van der Waals surface area contributed by atoms with Crippen molar-refractivity contribution >= 4 is 29.3 Å². The average molecular weight is 427 g/mol. The molecule has 3 rings (SSSR count). The van der Waals surface area contributed by atoms with Gasteiger partial charge in [0.2, 0.25) is 0 Å². The molecule has 0 aromatic heterocycles. The molecule has 1 heterocycles. The first-order valence-electron chi connectivity index (χ1n) is 9.56. The van der Waals surface area contributed by atoms with Gasteiger partial charge in [0.1, 0.15) is 11.9 Å². The zero-order valence-corrected chi connectivity index (χ0v) is 18.4. The predicted molar refractivity (Wildman–Crippen MR) is 119 cm³/mol. The van der Waals surface area contributed by atoms with E-state index >= 15 is 0 Å². The summed E-state index contributed by atoms with van der Waals surface area (Å²) >= 11 is 1.51. The van der Waals surface area contributed by atoms with Crippen LogP contribution in [-0.2, 0) is 14.3 Å². The lowest BCUT2D eigenvalue weighted by atomic mass is 10.0. The van der Waals surface area contributed by atoms with Gasteiger partial charge >= 0.3 is 5.97 Å². The van der Waals surface area contributed by atoms with Crippen LogP contribution in [0, 0.1) is 0 Å². The molecule has 0 aliphatic carbocycles. The van der Waals surface area contributed by atoms with Crippen molar-refractivity contribution in [1.82, 2.24) is 4.90 Å². The molecule has 1 aliphatic heterocycles. The number of amides is 1. The number of fused-ring (bicyclic) bond motifs is 1. The molecule has 1 aliphatic rings. The molecule has 0 saturated carbocycles. The first-order valence-corrected chi connectivity index (χ1v) is 10.4. The summed E-state index contributed by atoms with van der Waals surface area (Å²) < 4.78 is 10.9. The molecule has 2 aromatic rings. The van der Waals surface area contributed by atoms with Gasteiger partial charge in [0.15, 0.2) is 6.10 Å². The number of nitrogens with zero attached hydrogens (tertiary/aromatic N) is 2. The zero-order chi connectivity index (χ0) is 21.8. The Morgan fingerprint density at radius 3 is 2.43 bits per heavy atom. The van der Waals surface area contributed by atoms with Crippen LogP contribution in [0.3, 0.4) is 0 Å². The molecule has 0 radical (unpaired) electrons.